The topological polar surface area (TPSA) is 49.4 Å². The molecule has 0 amide bonds. The summed E-state index contributed by atoms with van der Waals surface area (Å²) in [7, 11) is -2.87. The van der Waals surface area contributed by atoms with Crippen LogP contribution >= 0.6 is 0 Å². The summed E-state index contributed by atoms with van der Waals surface area (Å²) in [5.41, 5.74) is 0.171. The van der Waals surface area contributed by atoms with E-state index >= 15 is 0 Å². The molecule has 0 aromatic heterocycles. The van der Waals surface area contributed by atoms with Gasteiger partial charge in [-0.2, -0.15) is 0 Å². The maximum Gasteiger partial charge on any atom is 0.148 e. The predicted molar refractivity (Wildman–Crippen MR) is 72.0 cm³/mol. The SMILES string of the molecule is CC1CN(CCS(C)(=O)=O)C(C(C)(C)C)CN1. The average molecular weight is 262 g/mol. The van der Waals surface area contributed by atoms with Crippen LogP contribution in [-0.4, -0.2) is 57.0 Å². The Bertz CT molecular complexity index is 346. The van der Waals surface area contributed by atoms with E-state index in [9.17, 15) is 8.42 Å². The van der Waals surface area contributed by atoms with Crippen LogP contribution in [0.2, 0.25) is 0 Å². The summed E-state index contributed by atoms with van der Waals surface area (Å²) >= 11 is 0. The van der Waals surface area contributed by atoms with Gasteiger partial charge in [0.25, 0.3) is 0 Å². The predicted octanol–water partition coefficient (Wildman–Crippen LogP) is 0.739. The average Bonchev–Trinajstić information content (AvgIpc) is 2.11. The molecule has 1 heterocycles. The van der Waals surface area contributed by atoms with Crippen LogP contribution in [-0.2, 0) is 9.84 Å². The highest BCUT2D eigenvalue weighted by Gasteiger charge is 2.34. The molecule has 0 aliphatic carbocycles. The summed E-state index contributed by atoms with van der Waals surface area (Å²) in [6.07, 6.45) is 1.31. The van der Waals surface area contributed by atoms with Gasteiger partial charge >= 0.3 is 0 Å². The summed E-state index contributed by atoms with van der Waals surface area (Å²) in [5.74, 6) is 0.256. The first-order valence-electron chi connectivity index (χ1n) is 6.25. The molecular formula is C12H26N2O2S. The molecule has 0 radical (unpaired) electrons. The van der Waals surface area contributed by atoms with Crippen LogP contribution in [0.1, 0.15) is 27.7 Å². The van der Waals surface area contributed by atoms with E-state index in [0.717, 1.165) is 13.1 Å². The summed E-state index contributed by atoms with van der Waals surface area (Å²) in [5, 5.41) is 3.47. The maximum atomic E-state index is 11.3. The first-order chi connectivity index (χ1) is 7.59. The summed E-state index contributed by atoms with van der Waals surface area (Å²) < 4.78 is 22.5. The van der Waals surface area contributed by atoms with Crippen molar-refractivity contribution in [2.24, 2.45) is 5.41 Å². The van der Waals surface area contributed by atoms with Crippen LogP contribution in [0.5, 0.6) is 0 Å². The number of nitrogens with one attached hydrogen (secondary N) is 1. The van der Waals surface area contributed by atoms with Gasteiger partial charge in [0.05, 0.1) is 5.75 Å². The molecule has 2 unspecified atom stereocenters. The Balaban J connectivity index is 2.69. The van der Waals surface area contributed by atoms with Gasteiger partial charge in [0, 0.05) is 38.0 Å². The first kappa shape index (κ1) is 14.9. The molecule has 1 fully saturated rings. The Kier molecular flexibility index (Phi) is 4.60. The van der Waals surface area contributed by atoms with Crippen molar-refractivity contribution in [2.75, 3.05) is 31.6 Å². The van der Waals surface area contributed by atoms with Gasteiger partial charge in [-0.15, -0.1) is 0 Å². The third kappa shape index (κ3) is 4.94. The third-order valence-corrected chi connectivity index (χ3v) is 4.28. The second kappa shape index (κ2) is 5.24. The van der Waals surface area contributed by atoms with Gasteiger partial charge in [0.2, 0.25) is 0 Å². The van der Waals surface area contributed by atoms with Crippen molar-refractivity contribution in [2.45, 2.75) is 39.8 Å². The minimum Gasteiger partial charge on any atom is -0.311 e. The zero-order chi connectivity index (χ0) is 13.3. The van der Waals surface area contributed by atoms with Gasteiger partial charge in [-0.25, -0.2) is 8.42 Å². The summed E-state index contributed by atoms with van der Waals surface area (Å²) in [6.45, 7) is 11.3. The smallest absolute Gasteiger partial charge is 0.148 e. The summed E-state index contributed by atoms with van der Waals surface area (Å²) in [4.78, 5) is 2.32. The van der Waals surface area contributed by atoms with Gasteiger partial charge in [0.15, 0.2) is 0 Å². The highest BCUT2D eigenvalue weighted by atomic mass is 32.2. The lowest BCUT2D eigenvalue weighted by Gasteiger charge is -2.45. The van der Waals surface area contributed by atoms with Crippen molar-refractivity contribution in [3.05, 3.63) is 0 Å². The van der Waals surface area contributed by atoms with E-state index in [4.69, 9.17) is 0 Å². The fourth-order valence-electron chi connectivity index (χ4n) is 2.37. The lowest BCUT2D eigenvalue weighted by Crippen LogP contribution is -2.60. The maximum absolute atomic E-state index is 11.3. The van der Waals surface area contributed by atoms with Crippen molar-refractivity contribution >= 4 is 9.84 Å². The number of piperazine rings is 1. The van der Waals surface area contributed by atoms with Gasteiger partial charge < -0.3 is 5.32 Å². The van der Waals surface area contributed by atoms with E-state index in [1.807, 2.05) is 0 Å². The molecule has 0 aromatic rings. The molecule has 1 aliphatic rings. The van der Waals surface area contributed by atoms with Gasteiger partial charge in [-0.3, -0.25) is 4.90 Å². The second-order valence-corrected chi connectivity index (χ2v) is 8.58. The van der Waals surface area contributed by atoms with Crippen LogP contribution in [0.3, 0.4) is 0 Å². The van der Waals surface area contributed by atoms with Crippen LogP contribution in [0.15, 0.2) is 0 Å². The lowest BCUT2D eigenvalue weighted by molar-refractivity contribution is 0.0645. The Hall–Kier alpha value is -0.130. The fourth-order valence-corrected chi connectivity index (χ4v) is 2.94. The molecule has 1 aliphatic heterocycles. The molecular weight excluding hydrogens is 236 g/mol. The van der Waals surface area contributed by atoms with E-state index in [1.165, 1.54) is 6.26 Å². The minimum atomic E-state index is -2.87. The van der Waals surface area contributed by atoms with E-state index in [0.29, 0.717) is 18.6 Å². The molecule has 0 aromatic carbocycles. The molecule has 0 saturated carbocycles. The van der Waals surface area contributed by atoms with Gasteiger partial charge in [-0.05, 0) is 12.3 Å². The van der Waals surface area contributed by atoms with Crippen molar-refractivity contribution in [3.8, 4) is 0 Å². The minimum absolute atomic E-state index is 0.171. The third-order valence-electron chi connectivity index (χ3n) is 3.36. The highest BCUT2D eigenvalue weighted by molar-refractivity contribution is 7.90. The van der Waals surface area contributed by atoms with E-state index < -0.39 is 9.84 Å². The zero-order valence-corrected chi connectivity index (χ0v) is 12.5. The Labute approximate surface area is 106 Å². The molecule has 1 saturated heterocycles. The van der Waals surface area contributed by atoms with Crippen LogP contribution < -0.4 is 5.32 Å². The molecule has 1 N–H and O–H groups in total. The number of hydrogen-bond acceptors (Lipinski definition) is 4. The molecule has 102 valence electrons. The quantitative estimate of drug-likeness (QED) is 0.815. The van der Waals surface area contributed by atoms with E-state index in [-0.39, 0.29) is 11.2 Å². The Morgan fingerprint density at radius 1 is 1.35 bits per heavy atom. The van der Waals surface area contributed by atoms with Crippen molar-refractivity contribution < 1.29 is 8.42 Å². The Morgan fingerprint density at radius 2 is 1.94 bits per heavy atom. The molecule has 0 spiro atoms. The van der Waals surface area contributed by atoms with E-state index in [2.05, 4.69) is 37.9 Å². The molecule has 4 nitrogen and oxygen atoms in total. The Morgan fingerprint density at radius 3 is 2.41 bits per heavy atom. The fraction of sp³-hybridized carbons (Fsp3) is 1.00. The van der Waals surface area contributed by atoms with Crippen LogP contribution in [0.25, 0.3) is 0 Å². The summed E-state index contributed by atoms with van der Waals surface area (Å²) in [6, 6.07) is 0.841. The van der Waals surface area contributed by atoms with Gasteiger partial charge in [0.1, 0.15) is 9.84 Å². The normalized spacial score (nSPS) is 28.3. The number of sulfone groups is 1. The first-order valence-corrected chi connectivity index (χ1v) is 8.31. The molecule has 5 heteroatoms. The standard InChI is InChI=1S/C12H26N2O2S/c1-10-9-14(6-7-17(5,15)16)11(8-13-10)12(2,3)4/h10-11,13H,6-9H2,1-5H3. The molecule has 1 rings (SSSR count). The largest absolute Gasteiger partial charge is 0.311 e. The number of nitrogens with zero attached hydrogens (tertiary/aromatic N) is 1. The monoisotopic (exact) mass is 262 g/mol. The van der Waals surface area contributed by atoms with Gasteiger partial charge in [-0.1, -0.05) is 20.8 Å². The van der Waals surface area contributed by atoms with Crippen molar-refractivity contribution in [1.29, 1.82) is 0 Å². The molecule has 2 atom stereocenters. The lowest BCUT2D eigenvalue weighted by atomic mass is 9.84. The number of rotatable bonds is 3. The highest BCUT2D eigenvalue weighted by Crippen LogP contribution is 2.26. The number of hydrogen-bond donors (Lipinski definition) is 1. The molecule has 0 bridgehead atoms. The zero-order valence-electron chi connectivity index (χ0n) is 11.7. The van der Waals surface area contributed by atoms with Crippen LogP contribution in [0, 0.1) is 5.41 Å². The van der Waals surface area contributed by atoms with E-state index in [1.54, 1.807) is 0 Å². The van der Waals surface area contributed by atoms with Crippen molar-refractivity contribution in [1.82, 2.24) is 10.2 Å². The second-order valence-electron chi connectivity index (χ2n) is 6.32. The van der Waals surface area contributed by atoms with Crippen molar-refractivity contribution in [3.63, 3.8) is 0 Å². The van der Waals surface area contributed by atoms with Crippen LogP contribution in [0.4, 0.5) is 0 Å². The molecule has 17 heavy (non-hydrogen) atoms.